The third kappa shape index (κ3) is 3.57. The SMILES string of the molecule is NC(=O)CN1CC(=O)Nc2ccc(-c3ccc(C(F)(F)F)cc3)cc21. The van der Waals surface area contributed by atoms with Crippen molar-refractivity contribution in [2.75, 3.05) is 23.3 Å². The van der Waals surface area contributed by atoms with Crippen LogP contribution in [-0.2, 0) is 15.8 Å². The number of carbonyl (C=O) groups excluding carboxylic acids is 2. The molecule has 0 bridgehead atoms. The summed E-state index contributed by atoms with van der Waals surface area (Å²) in [7, 11) is 0. The number of carbonyl (C=O) groups is 2. The van der Waals surface area contributed by atoms with Crippen molar-refractivity contribution in [3.05, 3.63) is 48.0 Å². The molecule has 1 aliphatic rings. The lowest BCUT2D eigenvalue weighted by Gasteiger charge is -2.30. The first-order valence-electron chi connectivity index (χ1n) is 7.39. The van der Waals surface area contributed by atoms with E-state index in [2.05, 4.69) is 5.32 Å². The van der Waals surface area contributed by atoms with Gasteiger partial charge in [-0.3, -0.25) is 9.59 Å². The second kappa shape index (κ2) is 6.12. The second-order valence-corrected chi connectivity index (χ2v) is 5.68. The van der Waals surface area contributed by atoms with Crippen molar-refractivity contribution in [1.29, 1.82) is 0 Å². The summed E-state index contributed by atoms with van der Waals surface area (Å²) in [4.78, 5) is 24.4. The van der Waals surface area contributed by atoms with E-state index in [0.717, 1.165) is 12.1 Å². The highest BCUT2D eigenvalue weighted by molar-refractivity contribution is 6.03. The fraction of sp³-hybridized carbons (Fsp3) is 0.176. The van der Waals surface area contributed by atoms with Gasteiger partial charge in [-0.2, -0.15) is 13.2 Å². The van der Waals surface area contributed by atoms with Crippen LogP contribution in [0.1, 0.15) is 5.56 Å². The number of hydrogen-bond donors (Lipinski definition) is 2. The highest BCUT2D eigenvalue weighted by atomic mass is 19.4. The molecule has 0 aliphatic carbocycles. The lowest BCUT2D eigenvalue weighted by molar-refractivity contribution is -0.137. The average molecular weight is 349 g/mol. The molecule has 25 heavy (non-hydrogen) atoms. The minimum absolute atomic E-state index is 0.0214. The van der Waals surface area contributed by atoms with Crippen LogP contribution in [0.2, 0.25) is 0 Å². The Labute approximate surface area is 141 Å². The largest absolute Gasteiger partial charge is 0.416 e. The molecule has 130 valence electrons. The summed E-state index contributed by atoms with van der Waals surface area (Å²) >= 11 is 0. The van der Waals surface area contributed by atoms with Crippen LogP contribution in [0, 0.1) is 0 Å². The fourth-order valence-corrected chi connectivity index (χ4v) is 2.71. The number of rotatable bonds is 3. The Morgan fingerprint density at radius 3 is 2.36 bits per heavy atom. The van der Waals surface area contributed by atoms with E-state index < -0.39 is 17.6 Å². The molecule has 0 radical (unpaired) electrons. The number of alkyl halides is 3. The number of primary amides is 1. The third-order valence-corrected chi connectivity index (χ3v) is 3.84. The molecule has 0 spiro atoms. The summed E-state index contributed by atoms with van der Waals surface area (Å²) in [5.74, 6) is -0.850. The van der Waals surface area contributed by atoms with E-state index in [1.807, 2.05) is 0 Å². The van der Waals surface area contributed by atoms with Gasteiger partial charge in [-0.15, -0.1) is 0 Å². The molecule has 1 heterocycles. The maximum atomic E-state index is 12.7. The van der Waals surface area contributed by atoms with Crippen molar-refractivity contribution in [2.45, 2.75) is 6.18 Å². The number of benzene rings is 2. The quantitative estimate of drug-likeness (QED) is 0.894. The fourth-order valence-electron chi connectivity index (χ4n) is 2.71. The van der Waals surface area contributed by atoms with E-state index >= 15 is 0 Å². The van der Waals surface area contributed by atoms with E-state index in [0.29, 0.717) is 22.5 Å². The molecule has 1 aliphatic heterocycles. The van der Waals surface area contributed by atoms with Crippen LogP contribution in [0.4, 0.5) is 24.5 Å². The van der Waals surface area contributed by atoms with Crippen LogP contribution in [0.5, 0.6) is 0 Å². The number of halogens is 3. The van der Waals surface area contributed by atoms with Gasteiger partial charge in [-0.25, -0.2) is 0 Å². The van der Waals surface area contributed by atoms with Gasteiger partial charge in [0.25, 0.3) is 0 Å². The van der Waals surface area contributed by atoms with Gasteiger partial charge in [0.1, 0.15) is 0 Å². The lowest BCUT2D eigenvalue weighted by Crippen LogP contribution is -2.42. The molecule has 2 aromatic carbocycles. The van der Waals surface area contributed by atoms with Crippen LogP contribution < -0.4 is 16.0 Å². The van der Waals surface area contributed by atoms with Crippen LogP contribution in [0.25, 0.3) is 11.1 Å². The zero-order valence-electron chi connectivity index (χ0n) is 12.9. The molecular formula is C17H14F3N3O2. The maximum absolute atomic E-state index is 12.7. The molecule has 2 aromatic rings. The van der Waals surface area contributed by atoms with E-state index in [-0.39, 0.29) is 19.0 Å². The summed E-state index contributed by atoms with van der Waals surface area (Å²) in [5.41, 5.74) is 6.86. The molecular weight excluding hydrogens is 335 g/mol. The van der Waals surface area contributed by atoms with E-state index in [1.165, 1.54) is 17.0 Å². The van der Waals surface area contributed by atoms with Crippen molar-refractivity contribution < 1.29 is 22.8 Å². The summed E-state index contributed by atoms with van der Waals surface area (Å²) < 4.78 is 38.0. The second-order valence-electron chi connectivity index (χ2n) is 5.68. The Balaban J connectivity index is 1.97. The molecule has 3 N–H and O–H groups in total. The van der Waals surface area contributed by atoms with Crippen molar-refractivity contribution in [2.24, 2.45) is 5.73 Å². The van der Waals surface area contributed by atoms with Gasteiger partial charge < -0.3 is 16.0 Å². The number of nitrogens with one attached hydrogen (secondary N) is 1. The van der Waals surface area contributed by atoms with Gasteiger partial charge >= 0.3 is 6.18 Å². The Morgan fingerprint density at radius 1 is 1.12 bits per heavy atom. The van der Waals surface area contributed by atoms with Gasteiger partial charge in [0.2, 0.25) is 11.8 Å². The summed E-state index contributed by atoms with van der Waals surface area (Å²) in [6, 6.07) is 9.83. The topological polar surface area (TPSA) is 75.4 Å². The standard InChI is InChI=1S/C17H14F3N3O2/c18-17(19,20)12-4-1-10(2-5-12)11-3-6-13-14(7-11)23(8-15(21)24)9-16(25)22-13/h1-7H,8-9H2,(H2,21,24)(H,22,25). The number of fused-ring (bicyclic) bond motifs is 1. The molecule has 8 heteroatoms. The van der Waals surface area contributed by atoms with Gasteiger partial charge in [0, 0.05) is 0 Å². The highest BCUT2D eigenvalue weighted by Crippen LogP contribution is 2.35. The average Bonchev–Trinajstić information content (AvgIpc) is 2.53. The number of nitrogens with two attached hydrogens (primary N) is 1. The zero-order valence-corrected chi connectivity index (χ0v) is 12.9. The minimum Gasteiger partial charge on any atom is -0.368 e. The van der Waals surface area contributed by atoms with Gasteiger partial charge in [-0.05, 0) is 35.4 Å². The molecule has 0 saturated carbocycles. The van der Waals surface area contributed by atoms with Crippen LogP contribution >= 0.6 is 0 Å². The predicted octanol–water partition coefficient (Wildman–Crippen LogP) is 2.62. The zero-order chi connectivity index (χ0) is 18.2. The molecule has 5 nitrogen and oxygen atoms in total. The molecule has 0 aromatic heterocycles. The molecule has 0 fully saturated rings. The van der Waals surface area contributed by atoms with Crippen molar-refractivity contribution in [3.8, 4) is 11.1 Å². The molecule has 0 unspecified atom stereocenters. The van der Waals surface area contributed by atoms with Gasteiger partial charge in [0.15, 0.2) is 0 Å². The summed E-state index contributed by atoms with van der Waals surface area (Å²) in [5, 5.41) is 2.69. The first kappa shape index (κ1) is 16.8. The van der Waals surface area contributed by atoms with E-state index in [4.69, 9.17) is 5.73 Å². The van der Waals surface area contributed by atoms with Gasteiger partial charge in [0.05, 0.1) is 30.0 Å². The number of amides is 2. The first-order chi connectivity index (χ1) is 11.7. The minimum atomic E-state index is -4.39. The Bertz CT molecular complexity index is 832. The monoisotopic (exact) mass is 349 g/mol. The maximum Gasteiger partial charge on any atom is 0.416 e. The highest BCUT2D eigenvalue weighted by Gasteiger charge is 2.30. The van der Waals surface area contributed by atoms with Crippen molar-refractivity contribution in [3.63, 3.8) is 0 Å². The van der Waals surface area contributed by atoms with Crippen molar-refractivity contribution in [1.82, 2.24) is 0 Å². The molecule has 0 atom stereocenters. The Morgan fingerprint density at radius 2 is 1.76 bits per heavy atom. The third-order valence-electron chi connectivity index (χ3n) is 3.84. The molecule has 3 rings (SSSR count). The first-order valence-corrected chi connectivity index (χ1v) is 7.39. The smallest absolute Gasteiger partial charge is 0.368 e. The summed E-state index contributed by atoms with van der Waals surface area (Å²) in [6.45, 7) is -0.150. The molecule has 2 amide bonds. The van der Waals surface area contributed by atoms with Gasteiger partial charge in [-0.1, -0.05) is 18.2 Å². The number of nitrogens with zero attached hydrogens (tertiary/aromatic N) is 1. The van der Waals surface area contributed by atoms with Crippen LogP contribution in [0.3, 0.4) is 0 Å². The molecule has 0 saturated heterocycles. The normalized spacial score (nSPS) is 14.0. The van der Waals surface area contributed by atoms with Crippen LogP contribution in [0.15, 0.2) is 42.5 Å². The van der Waals surface area contributed by atoms with E-state index in [1.54, 1.807) is 18.2 Å². The van der Waals surface area contributed by atoms with Crippen molar-refractivity contribution >= 4 is 23.2 Å². The summed E-state index contributed by atoms with van der Waals surface area (Å²) in [6.07, 6.45) is -4.39. The van der Waals surface area contributed by atoms with Crippen LogP contribution in [-0.4, -0.2) is 24.9 Å². The Hall–Kier alpha value is -3.03. The Kier molecular flexibility index (Phi) is 4.12. The number of hydrogen-bond acceptors (Lipinski definition) is 3. The predicted molar refractivity (Wildman–Crippen MR) is 86.9 cm³/mol. The lowest BCUT2D eigenvalue weighted by atomic mass is 10.0. The van der Waals surface area contributed by atoms with E-state index in [9.17, 15) is 22.8 Å². The number of anilines is 2.